The number of ether oxygens (including phenoxy) is 3. The zero-order valence-corrected chi connectivity index (χ0v) is 33.6. The highest BCUT2D eigenvalue weighted by atomic mass is 35.5. The third-order valence-corrected chi connectivity index (χ3v) is 8.37. The molecule has 3 rings (SSSR count). The number of benzene rings is 3. The molecule has 0 aliphatic carbocycles. The Labute approximate surface area is 341 Å². The van der Waals surface area contributed by atoms with E-state index in [1.54, 1.807) is 32.9 Å². The molecule has 4 N–H and O–H groups in total. The molecular formula is C40H44ClF5N4O9. The number of esters is 1. The summed E-state index contributed by atoms with van der Waals surface area (Å²) in [4.78, 5) is 78.7. The minimum Gasteiger partial charge on any atom is -0.497 e. The normalized spacial score (nSPS) is 13.3. The second-order valence-corrected chi connectivity index (χ2v) is 14.9. The van der Waals surface area contributed by atoms with Crippen molar-refractivity contribution >= 4 is 47.0 Å². The van der Waals surface area contributed by atoms with E-state index in [4.69, 9.17) is 25.8 Å². The second-order valence-electron chi connectivity index (χ2n) is 14.4. The molecule has 0 radical (unpaired) electrons. The number of hydrogen-bond acceptors (Lipinski definition) is 9. The summed E-state index contributed by atoms with van der Waals surface area (Å²) in [7, 11) is 1.36. The molecule has 0 aliphatic rings. The van der Waals surface area contributed by atoms with Crippen molar-refractivity contribution in [3.63, 3.8) is 0 Å². The van der Waals surface area contributed by atoms with Crippen LogP contribution in [0.1, 0.15) is 62.1 Å². The van der Waals surface area contributed by atoms with Crippen molar-refractivity contribution in [2.45, 2.75) is 76.9 Å². The fourth-order valence-electron chi connectivity index (χ4n) is 5.26. The van der Waals surface area contributed by atoms with Crippen molar-refractivity contribution in [3.05, 3.63) is 94.5 Å². The third kappa shape index (κ3) is 14.8. The van der Waals surface area contributed by atoms with Crippen LogP contribution in [-0.4, -0.2) is 85.4 Å². The lowest BCUT2D eigenvalue weighted by molar-refractivity contribution is -0.165. The molecule has 0 heterocycles. The van der Waals surface area contributed by atoms with E-state index in [1.165, 1.54) is 81.6 Å². The van der Waals surface area contributed by atoms with Gasteiger partial charge >= 0.3 is 18.1 Å². The number of Topliss-reactive ketones (excluding diaryl/α,β-unsaturated/α-hetero) is 1. The van der Waals surface area contributed by atoms with Crippen molar-refractivity contribution in [3.8, 4) is 11.5 Å². The molecule has 2 unspecified atom stereocenters. The van der Waals surface area contributed by atoms with E-state index in [2.05, 4.69) is 16.0 Å². The largest absolute Gasteiger partial charge is 0.497 e. The zero-order valence-electron chi connectivity index (χ0n) is 32.8. The minimum atomic E-state index is -5.06. The summed E-state index contributed by atoms with van der Waals surface area (Å²) in [5.74, 6) is -13.8. The summed E-state index contributed by atoms with van der Waals surface area (Å²) in [5, 5.41) is 8.40. The van der Waals surface area contributed by atoms with Gasteiger partial charge in [0.25, 0.3) is 11.8 Å². The van der Waals surface area contributed by atoms with Gasteiger partial charge in [0.2, 0.25) is 17.6 Å². The van der Waals surface area contributed by atoms with Gasteiger partial charge in [0, 0.05) is 17.0 Å². The number of halogens is 6. The van der Waals surface area contributed by atoms with E-state index >= 15 is 0 Å². The molecule has 59 heavy (non-hydrogen) atoms. The van der Waals surface area contributed by atoms with E-state index in [0.717, 1.165) is 5.32 Å². The Bertz CT molecular complexity index is 1970. The molecule has 4 amide bonds. The van der Waals surface area contributed by atoms with Crippen LogP contribution in [0.5, 0.6) is 11.5 Å². The molecule has 0 saturated heterocycles. The highest BCUT2D eigenvalue weighted by Gasteiger charge is 2.52. The first kappa shape index (κ1) is 47.6. The Kier molecular flexibility index (Phi) is 16.3. The lowest BCUT2D eigenvalue weighted by atomic mass is 9.94. The highest BCUT2D eigenvalue weighted by molar-refractivity contribution is 6.31. The third-order valence-electron chi connectivity index (χ3n) is 8.14. The molecule has 0 aliphatic heterocycles. The summed E-state index contributed by atoms with van der Waals surface area (Å²) in [6.07, 6.45) is -5.26. The van der Waals surface area contributed by atoms with Crippen molar-refractivity contribution in [2.75, 3.05) is 20.3 Å². The van der Waals surface area contributed by atoms with E-state index in [9.17, 15) is 50.7 Å². The van der Waals surface area contributed by atoms with Gasteiger partial charge in [-0.3, -0.25) is 24.0 Å². The summed E-state index contributed by atoms with van der Waals surface area (Å²) >= 11 is 6.08. The first-order chi connectivity index (χ1) is 27.4. The summed E-state index contributed by atoms with van der Waals surface area (Å²) in [6.45, 7) is 5.05. The van der Waals surface area contributed by atoms with E-state index in [1.807, 2.05) is 0 Å². The van der Waals surface area contributed by atoms with Gasteiger partial charge in [-0.25, -0.2) is 4.79 Å². The number of carbonyl (C=O) groups is 6. The predicted octanol–water partition coefficient (Wildman–Crippen LogP) is 5.29. The fraction of sp³-hybridized carbons (Fsp3) is 0.400. The molecule has 0 spiro atoms. The Balaban J connectivity index is 1.95. The van der Waals surface area contributed by atoms with E-state index in [-0.39, 0.29) is 28.3 Å². The lowest BCUT2D eigenvalue weighted by Gasteiger charge is -2.28. The van der Waals surface area contributed by atoms with Crippen LogP contribution >= 0.6 is 11.6 Å². The maximum absolute atomic E-state index is 15.0. The number of rotatable bonds is 18. The molecule has 320 valence electrons. The maximum Gasteiger partial charge on any atom is 0.405 e. The van der Waals surface area contributed by atoms with E-state index < -0.39 is 90.3 Å². The monoisotopic (exact) mass is 854 g/mol. The average molecular weight is 855 g/mol. The van der Waals surface area contributed by atoms with Gasteiger partial charge in [-0.05, 0) is 80.3 Å². The Morgan fingerprint density at radius 1 is 0.780 bits per heavy atom. The number of ketones is 1. The molecular weight excluding hydrogens is 811 g/mol. The van der Waals surface area contributed by atoms with Crippen molar-refractivity contribution in [1.82, 2.24) is 21.3 Å². The van der Waals surface area contributed by atoms with Crippen LogP contribution in [-0.2, 0) is 35.1 Å². The first-order valence-electron chi connectivity index (χ1n) is 17.9. The quantitative estimate of drug-likeness (QED) is 0.0752. The molecule has 3 aromatic rings. The molecule has 0 bridgehead atoms. The highest BCUT2D eigenvalue weighted by Crippen LogP contribution is 2.25. The lowest BCUT2D eigenvalue weighted by Crippen LogP contribution is -2.58. The average Bonchev–Trinajstić information content (AvgIpc) is 3.15. The molecule has 13 nitrogen and oxygen atoms in total. The van der Waals surface area contributed by atoms with Crippen molar-refractivity contribution < 1.29 is 64.9 Å². The standard InChI is InChI=1S/C40H44ClF5N4O9/c1-22(2)31(33(52)40(45,46)37(56)47-21-39(42,43)44)49-36(55)32(24-12-16-27(57-6)17-13-24)50-35(54)29(48-34(53)25-8-7-9-26(41)19-25)18-23-10-14-28(15-11-23)58-20-30(51)59-38(3,4)5/h7-17,19,22,29,31-32H,18,20-21H2,1-6H3,(H,47,56)(H,48,53)(H,49,55)(H,50,54)/t29?,31-,32?/m0/s1. The molecule has 0 aromatic heterocycles. The van der Waals surface area contributed by atoms with Crippen LogP contribution in [0.15, 0.2) is 72.8 Å². The van der Waals surface area contributed by atoms with Crippen LogP contribution in [0, 0.1) is 5.92 Å². The molecule has 3 aromatic carbocycles. The van der Waals surface area contributed by atoms with Crippen LogP contribution < -0.4 is 30.7 Å². The Morgan fingerprint density at radius 2 is 1.39 bits per heavy atom. The van der Waals surface area contributed by atoms with E-state index in [0.29, 0.717) is 11.3 Å². The molecule has 0 saturated carbocycles. The van der Waals surface area contributed by atoms with Gasteiger partial charge in [0.15, 0.2) is 6.61 Å². The number of hydrogen-bond donors (Lipinski definition) is 4. The van der Waals surface area contributed by atoms with Gasteiger partial charge in [-0.15, -0.1) is 0 Å². The van der Waals surface area contributed by atoms with Crippen LogP contribution in [0.25, 0.3) is 0 Å². The second kappa shape index (κ2) is 20.3. The van der Waals surface area contributed by atoms with Gasteiger partial charge in [0.05, 0.1) is 13.2 Å². The molecule has 19 heteroatoms. The minimum absolute atomic E-state index is 0.0488. The molecule has 0 fully saturated rings. The number of amides is 4. The zero-order chi connectivity index (χ0) is 44.3. The van der Waals surface area contributed by atoms with Gasteiger partial charge in [0.1, 0.15) is 35.7 Å². The summed E-state index contributed by atoms with van der Waals surface area (Å²) < 4.78 is 83.8. The van der Waals surface area contributed by atoms with Crippen molar-refractivity contribution in [2.24, 2.45) is 5.92 Å². The number of nitrogens with one attached hydrogen (secondary N) is 4. The number of carbonyl (C=O) groups excluding carboxylic acids is 6. The number of methoxy groups -OCH3 is 1. The number of alkyl halides is 5. The van der Waals surface area contributed by atoms with Gasteiger partial charge in [-0.1, -0.05) is 55.8 Å². The van der Waals surface area contributed by atoms with Crippen molar-refractivity contribution in [1.29, 1.82) is 0 Å². The topological polar surface area (TPSA) is 178 Å². The summed E-state index contributed by atoms with van der Waals surface area (Å²) in [5.41, 5.74) is -0.148. The molecule has 3 atom stereocenters. The van der Waals surface area contributed by atoms with Gasteiger partial charge < -0.3 is 35.5 Å². The van der Waals surface area contributed by atoms with Crippen LogP contribution in [0.4, 0.5) is 22.0 Å². The predicted molar refractivity (Wildman–Crippen MR) is 204 cm³/mol. The van der Waals surface area contributed by atoms with Crippen LogP contribution in [0.3, 0.4) is 0 Å². The first-order valence-corrected chi connectivity index (χ1v) is 18.3. The summed E-state index contributed by atoms with van der Waals surface area (Å²) in [6, 6.07) is 12.1. The van der Waals surface area contributed by atoms with Gasteiger partial charge in [-0.2, -0.15) is 22.0 Å². The fourth-order valence-corrected chi connectivity index (χ4v) is 5.45. The Hall–Kier alpha value is -5.78. The Morgan fingerprint density at radius 3 is 1.93 bits per heavy atom. The SMILES string of the molecule is COc1ccc(C(NC(=O)C(Cc2ccc(OCC(=O)OC(C)(C)C)cc2)NC(=O)c2cccc(Cl)c2)C(=O)N[C@H](C(=O)C(F)(F)C(=O)NCC(F)(F)F)C(C)C)cc1. The van der Waals surface area contributed by atoms with Crippen LogP contribution in [0.2, 0.25) is 5.02 Å². The maximum atomic E-state index is 15.0. The smallest absolute Gasteiger partial charge is 0.405 e.